The van der Waals surface area contributed by atoms with E-state index in [2.05, 4.69) is 9.71 Å². The molecular weight excluding hydrogens is 412 g/mol. The molecule has 1 fully saturated rings. The van der Waals surface area contributed by atoms with Gasteiger partial charge in [0, 0.05) is 18.3 Å². The van der Waals surface area contributed by atoms with Gasteiger partial charge in [-0.25, -0.2) is 22.5 Å². The van der Waals surface area contributed by atoms with Crippen LogP contribution in [0.25, 0.3) is 0 Å². The molecule has 1 aliphatic carbocycles. The molecule has 0 spiro atoms. The molecule has 0 saturated heterocycles. The maximum atomic E-state index is 13.2. The van der Waals surface area contributed by atoms with Gasteiger partial charge in [0.15, 0.2) is 0 Å². The predicted octanol–water partition coefficient (Wildman–Crippen LogP) is 4.05. The van der Waals surface area contributed by atoms with Crippen LogP contribution in [-0.4, -0.2) is 25.5 Å². The Morgan fingerprint density at radius 3 is 2.41 bits per heavy atom. The number of nitrogens with one attached hydrogen (secondary N) is 1. The van der Waals surface area contributed by atoms with Crippen molar-refractivity contribution in [3.8, 4) is 5.88 Å². The van der Waals surface area contributed by atoms with Crippen molar-refractivity contribution in [1.82, 2.24) is 9.71 Å². The zero-order valence-corrected chi connectivity index (χ0v) is 16.1. The third kappa shape index (κ3) is 6.40. The molecule has 0 bridgehead atoms. The number of alkyl halides is 3. The van der Waals surface area contributed by atoms with E-state index >= 15 is 0 Å². The van der Waals surface area contributed by atoms with Crippen molar-refractivity contribution in [3.63, 3.8) is 0 Å². The minimum absolute atomic E-state index is 0.105. The summed E-state index contributed by atoms with van der Waals surface area (Å²) in [5.41, 5.74) is -0.482. The first-order valence-electron chi connectivity index (χ1n) is 9.05. The van der Waals surface area contributed by atoms with E-state index in [1.165, 1.54) is 24.3 Å². The normalized spacial score (nSPS) is 20.4. The van der Waals surface area contributed by atoms with E-state index in [1.54, 1.807) is 6.07 Å². The highest BCUT2D eigenvalue weighted by Crippen LogP contribution is 2.30. The van der Waals surface area contributed by atoms with Crippen LogP contribution in [0, 0.1) is 5.82 Å². The number of hydrogen-bond donors (Lipinski definition) is 1. The smallest absolute Gasteiger partial charge is 0.417 e. The summed E-state index contributed by atoms with van der Waals surface area (Å²) >= 11 is 0. The zero-order chi connectivity index (χ0) is 21.1. The van der Waals surface area contributed by atoms with Crippen LogP contribution in [0.1, 0.15) is 36.8 Å². The van der Waals surface area contributed by atoms with Crippen LogP contribution in [0.5, 0.6) is 5.88 Å². The van der Waals surface area contributed by atoms with Gasteiger partial charge in [-0.05, 0) is 49.4 Å². The van der Waals surface area contributed by atoms with Crippen LogP contribution in [0.3, 0.4) is 0 Å². The first-order valence-corrected chi connectivity index (χ1v) is 10.7. The first kappa shape index (κ1) is 21.5. The molecule has 0 atom stereocenters. The van der Waals surface area contributed by atoms with Gasteiger partial charge in [-0.1, -0.05) is 12.1 Å². The number of pyridine rings is 1. The van der Waals surface area contributed by atoms with Crippen LogP contribution < -0.4 is 9.46 Å². The molecular formula is C19H20F4N2O3S. The van der Waals surface area contributed by atoms with Crippen LogP contribution in [0.15, 0.2) is 42.6 Å². The number of halogens is 4. The van der Waals surface area contributed by atoms with E-state index in [-0.39, 0.29) is 23.8 Å². The number of benzene rings is 1. The highest BCUT2D eigenvalue weighted by atomic mass is 32.2. The molecule has 158 valence electrons. The second kappa shape index (κ2) is 8.66. The van der Waals surface area contributed by atoms with E-state index in [9.17, 15) is 26.0 Å². The Bertz CT molecular complexity index is 925. The van der Waals surface area contributed by atoms with Gasteiger partial charge < -0.3 is 4.74 Å². The van der Waals surface area contributed by atoms with Gasteiger partial charge in [0.05, 0.1) is 11.3 Å². The van der Waals surface area contributed by atoms with Crippen LogP contribution in [0.4, 0.5) is 17.6 Å². The van der Waals surface area contributed by atoms with Crippen molar-refractivity contribution in [2.24, 2.45) is 0 Å². The van der Waals surface area contributed by atoms with E-state index in [1.807, 2.05) is 0 Å². The van der Waals surface area contributed by atoms with Crippen molar-refractivity contribution >= 4 is 10.0 Å². The Labute approximate surface area is 166 Å². The van der Waals surface area contributed by atoms with Gasteiger partial charge >= 0.3 is 6.18 Å². The molecule has 5 nitrogen and oxygen atoms in total. The van der Waals surface area contributed by atoms with Crippen LogP contribution >= 0.6 is 0 Å². The summed E-state index contributed by atoms with van der Waals surface area (Å²) in [7, 11) is -3.62. The molecule has 0 unspecified atom stereocenters. The molecule has 0 aliphatic heterocycles. The molecule has 10 heteroatoms. The summed E-state index contributed by atoms with van der Waals surface area (Å²) in [6.45, 7) is 0. The lowest BCUT2D eigenvalue weighted by Crippen LogP contribution is -2.40. The Balaban J connectivity index is 1.49. The number of aromatic nitrogens is 1. The molecule has 2 aromatic rings. The number of ether oxygens (including phenoxy) is 1. The minimum atomic E-state index is -4.45. The number of sulfonamides is 1. The van der Waals surface area contributed by atoms with Gasteiger partial charge in [0.2, 0.25) is 15.9 Å². The molecule has 1 aliphatic rings. The lowest BCUT2D eigenvalue weighted by molar-refractivity contribution is -0.137. The topological polar surface area (TPSA) is 68.3 Å². The van der Waals surface area contributed by atoms with E-state index < -0.39 is 27.6 Å². The maximum Gasteiger partial charge on any atom is 0.417 e. The molecule has 1 saturated carbocycles. The monoisotopic (exact) mass is 432 g/mol. The van der Waals surface area contributed by atoms with Gasteiger partial charge in [-0.2, -0.15) is 13.2 Å². The van der Waals surface area contributed by atoms with Crippen molar-refractivity contribution in [1.29, 1.82) is 0 Å². The van der Waals surface area contributed by atoms with Crippen molar-refractivity contribution < 1.29 is 30.7 Å². The molecule has 1 aromatic carbocycles. The second-order valence-electron chi connectivity index (χ2n) is 6.98. The summed E-state index contributed by atoms with van der Waals surface area (Å²) < 4.78 is 83.7. The van der Waals surface area contributed by atoms with Crippen LogP contribution in [0.2, 0.25) is 0 Å². The van der Waals surface area contributed by atoms with Crippen molar-refractivity contribution in [2.45, 2.75) is 49.8 Å². The first-order chi connectivity index (χ1) is 13.6. The summed E-state index contributed by atoms with van der Waals surface area (Å²) in [5.74, 6) is -0.697. The van der Waals surface area contributed by atoms with Gasteiger partial charge in [-0.3, -0.25) is 0 Å². The third-order valence-corrected chi connectivity index (χ3v) is 6.02. The Morgan fingerprint density at radius 1 is 1.10 bits per heavy atom. The summed E-state index contributed by atoms with van der Waals surface area (Å²) in [6, 6.07) is 7.25. The molecule has 3 rings (SSSR count). The third-order valence-electron chi connectivity index (χ3n) is 4.62. The SMILES string of the molecule is O=S(=O)(Cc1cccc(F)c1)NC1CCC(Oc2ccc(C(F)(F)F)cn2)CC1. The highest BCUT2D eigenvalue weighted by molar-refractivity contribution is 7.88. The van der Waals surface area contributed by atoms with E-state index in [0.29, 0.717) is 31.2 Å². The van der Waals surface area contributed by atoms with Crippen molar-refractivity contribution in [2.75, 3.05) is 0 Å². The average molecular weight is 432 g/mol. The second-order valence-corrected chi connectivity index (χ2v) is 8.74. The number of hydrogen-bond acceptors (Lipinski definition) is 4. The summed E-state index contributed by atoms with van der Waals surface area (Å²) in [6.07, 6.45) is -1.86. The zero-order valence-electron chi connectivity index (χ0n) is 15.3. The van der Waals surface area contributed by atoms with E-state index in [0.717, 1.165) is 12.3 Å². The molecule has 1 heterocycles. The van der Waals surface area contributed by atoms with Gasteiger partial charge in [0.1, 0.15) is 11.9 Å². The van der Waals surface area contributed by atoms with Gasteiger partial charge in [0.25, 0.3) is 0 Å². The fourth-order valence-corrected chi connectivity index (χ4v) is 4.67. The maximum absolute atomic E-state index is 13.2. The quantitative estimate of drug-likeness (QED) is 0.700. The van der Waals surface area contributed by atoms with Crippen LogP contribution in [-0.2, 0) is 22.0 Å². The lowest BCUT2D eigenvalue weighted by Gasteiger charge is -2.29. The molecule has 1 aromatic heterocycles. The average Bonchev–Trinajstić information content (AvgIpc) is 2.62. The molecule has 1 N–H and O–H groups in total. The van der Waals surface area contributed by atoms with Gasteiger partial charge in [-0.15, -0.1) is 0 Å². The van der Waals surface area contributed by atoms with Crippen molar-refractivity contribution in [3.05, 3.63) is 59.5 Å². The summed E-state index contributed by atoms with van der Waals surface area (Å²) in [5, 5.41) is 0. The molecule has 0 amide bonds. The fourth-order valence-electron chi connectivity index (χ4n) is 3.23. The van der Waals surface area contributed by atoms with E-state index in [4.69, 9.17) is 4.74 Å². The molecule has 29 heavy (non-hydrogen) atoms. The highest BCUT2D eigenvalue weighted by Gasteiger charge is 2.31. The Hall–Kier alpha value is -2.20. The fraction of sp³-hybridized carbons (Fsp3) is 0.421. The Morgan fingerprint density at radius 2 is 1.83 bits per heavy atom. The Kier molecular flexibility index (Phi) is 6.42. The standard InChI is InChI=1S/C19H20F4N2O3S/c20-15-3-1-2-13(10-15)12-29(26,27)25-16-5-7-17(8-6-16)28-18-9-4-14(11-24-18)19(21,22)23/h1-4,9-11,16-17,25H,5-8,12H2. The largest absolute Gasteiger partial charge is 0.474 e. The number of nitrogens with zero attached hydrogens (tertiary/aromatic N) is 1. The number of rotatable bonds is 6. The summed E-state index contributed by atoms with van der Waals surface area (Å²) in [4.78, 5) is 3.69. The predicted molar refractivity (Wildman–Crippen MR) is 98.1 cm³/mol. The lowest BCUT2D eigenvalue weighted by atomic mass is 9.94. The molecule has 0 radical (unpaired) electrons. The minimum Gasteiger partial charge on any atom is -0.474 e.